The summed E-state index contributed by atoms with van der Waals surface area (Å²) < 4.78 is 15.3. The van der Waals surface area contributed by atoms with Gasteiger partial charge in [0.05, 0.1) is 6.21 Å². The number of rotatable bonds is 6. The molecule has 1 heterocycles. The molecule has 1 saturated carbocycles. The van der Waals surface area contributed by atoms with Gasteiger partial charge in [-0.05, 0) is 80.0 Å². The van der Waals surface area contributed by atoms with Crippen molar-refractivity contribution in [1.82, 2.24) is 10.3 Å². The van der Waals surface area contributed by atoms with E-state index < -0.39 is 0 Å². The van der Waals surface area contributed by atoms with Gasteiger partial charge in [-0.15, -0.1) is 0 Å². The zero-order valence-corrected chi connectivity index (χ0v) is 19.5. The molecule has 2 atom stereocenters. The van der Waals surface area contributed by atoms with Crippen LogP contribution in [0.5, 0.6) is 0 Å². The lowest BCUT2D eigenvalue weighted by Gasteiger charge is -2.35. The van der Waals surface area contributed by atoms with Crippen LogP contribution in [0.4, 0.5) is 10.1 Å². The van der Waals surface area contributed by atoms with Gasteiger partial charge in [0.25, 0.3) is 0 Å². The number of likely N-dealkylation sites (N-methyl/N-ethyl adjacent to an activating group) is 1. The van der Waals surface area contributed by atoms with Crippen molar-refractivity contribution in [3.8, 4) is 0 Å². The molecule has 3 N–H and O–H groups in total. The largest absolute Gasteiger partial charge is 0.375 e. The van der Waals surface area contributed by atoms with Crippen LogP contribution in [0.3, 0.4) is 0 Å². The van der Waals surface area contributed by atoms with Crippen molar-refractivity contribution < 1.29 is 4.39 Å². The number of thiocarbonyl (C=S) groups is 1. The number of hydrazone groups is 1. The first-order valence-corrected chi connectivity index (χ1v) is 11.8. The van der Waals surface area contributed by atoms with E-state index in [1.807, 2.05) is 0 Å². The molecule has 7 heteroatoms. The molecule has 4 rings (SSSR count). The first kappa shape index (κ1) is 22.7. The van der Waals surface area contributed by atoms with Crippen molar-refractivity contribution in [2.75, 3.05) is 38.1 Å². The van der Waals surface area contributed by atoms with Gasteiger partial charge in [-0.25, -0.2) is 4.39 Å². The molecule has 170 valence electrons. The minimum atomic E-state index is -0.148. The Morgan fingerprint density at radius 3 is 2.66 bits per heavy atom. The number of benzene rings is 2. The number of halogens is 1. The average Bonchev–Trinajstić information content (AvgIpc) is 3.23. The van der Waals surface area contributed by atoms with Gasteiger partial charge in [0.1, 0.15) is 5.82 Å². The lowest BCUT2D eigenvalue weighted by atomic mass is 9.91. The fourth-order valence-corrected chi connectivity index (χ4v) is 5.04. The molecule has 2 aromatic rings. The molecule has 0 spiro atoms. The number of anilines is 1. The fourth-order valence-electron chi connectivity index (χ4n) is 4.99. The summed E-state index contributed by atoms with van der Waals surface area (Å²) in [5, 5.41) is 4.19. The van der Waals surface area contributed by atoms with E-state index in [1.165, 1.54) is 5.56 Å². The van der Waals surface area contributed by atoms with E-state index in [0.29, 0.717) is 5.92 Å². The van der Waals surface area contributed by atoms with E-state index in [9.17, 15) is 0 Å². The predicted octanol–water partition coefficient (Wildman–Crippen LogP) is 3.87. The van der Waals surface area contributed by atoms with Crippen LogP contribution in [0, 0.1) is 11.7 Å². The number of nitrogens with one attached hydrogen (secondary N) is 1. The first-order chi connectivity index (χ1) is 15.5. The maximum atomic E-state index is 15.3. The molecule has 1 saturated heterocycles. The molecular weight excluding hydrogens is 421 g/mol. The molecule has 32 heavy (non-hydrogen) atoms. The summed E-state index contributed by atoms with van der Waals surface area (Å²) in [6, 6.07) is 14.3. The van der Waals surface area contributed by atoms with Crippen molar-refractivity contribution in [3.05, 3.63) is 65.0 Å². The van der Waals surface area contributed by atoms with E-state index in [0.717, 1.165) is 68.7 Å². The summed E-state index contributed by atoms with van der Waals surface area (Å²) in [6.07, 6.45) is 5.90. The van der Waals surface area contributed by atoms with Crippen molar-refractivity contribution in [2.24, 2.45) is 16.8 Å². The second kappa shape index (κ2) is 10.4. The normalized spacial score (nSPS) is 21.9. The van der Waals surface area contributed by atoms with Gasteiger partial charge in [0.15, 0.2) is 5.11 Å². The molecule has 2 unspecified atom stereocenters. The van der Waals surface area contributed by atoms with E-state index in [4.69, 9.17) is 18.0 Å². The summed E-state index contributed by atoms with van der Waals surface area (Å²) in [4.78, 5) is 4.65. The summed E-state index contributed by atoms with van der Waals surface area (Å²) in [6.45, 7) is 3.78. The van der Waals surface area contributed by atoms with Gasteiger partial charge >= 0.3 is 0 Å². The van der Waals surface area contributed by atoms with Crippen LogP contribution in [0.2, 0.25) is 0 Å². The topological polar surface area (TPSA) is 56.9 Å². The van der Waals surface area contributed by atoms with Crippen LogP contribution in [0.25, 0.3) is 0 Å². The van der Waals surface area contributed by atoms with E-state index in [-0.39, 0.29) is 16.8 Å². The monoisotopic (exact) mass is 453 g/mol. The zero-order valence-electron chi connectivity index (χ0n) is 18.6. The highest BCUT2D eigenvalue weighted by Gasteiger charge is 2.29. The van der Waals surface area contributed by atoms with Gasteiger partial charge in [-0.3, -0.25) is 5.43 Å². The smallest absolute Gasteiger partial charge is 0.184 e. The highest BCUT2D eigenvalue weighted by molar-refractivity contribution is 7.80. The maximum absolute atomic E-state index is 15.3. The minimum absolute atomic E-state index is 0.0925. The number of hydrogen-bond donors (Lipinski definition) is 2. The Kier molecular flexibility index (Phi) is 7.37. The second-order valence-corrected chi connectivity index (χ2v) is 9.46. The Hall–Kier alpha value is -2.51. The van der Waals surface area contributed by atoms with E-state index in [1.54, 1.807) is 12.3 Å². The van der Waals surface area contributed by atoms with Crippen molar-refractivity contribution in [1.29, 1.82) is 0 Å². The molecule has 1 aliphatic carbocycles. The lowest BCUT2D eigenvalue weighted by Crippen LogP contribution is -2.45. The van der Waals surface area contributed by atoms with Gasteiger partial charge in [0.2, 0.25) is 0 Å². The van der Waals surface area contributed by atoms with Crippen molar-refractivity contribution in [2.45, 2.75) is 31.6 Å². The van der Waals surface area contributed by atoms with Gasteiger partial charge in [0, 0.05) is 37.4 Å². The molecule has 5 nitrogen and oxygen atoms in total. The van der Waals surface area contributed by atoms with Gasteiger partial charge < -0.3 is 15.5 Å². The predicted molar refractivity (Wildman–Crippen MR) is 134 cm³/mol. The lowest BCUT2D eigenvalue weighted by molar-refractivity contribution is 0.312. The van der Waals surface area contributed by atoms with Crippen LogP contribution in [-0.2, 0) is 6.42 Å². The Labute approximate surface area is 195 Å². The fraction of sp³-hybridized carbons (Fsp3) is 0.440. The standard InChI is InChI=1S/C25H32FN5S/c1-30-9-11-31(12-10-30)24-16-22(23(26)15-21(24)17-28-29-25(27)32)20-8-7-19(14-20)13-18-5-3-2-4-6-18/h2-6,15-17,19-20H,7-14H2,1H3,(H3,27,29,32). The number of piperazine rings is 1. The highest BCUT2D eigenvalue weighted by Crippen LogP contribution is 2.42. The number of hydrogen-bond acceptors (Lipinski definition) is 4. The third-order valence-corrected chi connectivity index (χ3v) is 6.81. The second-order valence-electron chi connectivity index (χ2n) is 9.02. The Morgan fingerprint density at radius 1 is 1.19 bits per heavy atom. The van der Waals surface area contributed by atoms with Crippen LogP contribution in [0.15, 0.2) is 47.6 Å². The number of nitrogens with zero attached hydrogens (tertiary/aromatic N) is 3. The Morgan fingerprint density at radius 2 is 1.94 bits per heavy atom. The van der Waals surface area contributed by atoms with Crippen molar-refractivity contribution >= 4 is 29.2 Å². The average molecular weight is 454 g/mol. The summed E-state index contributed by atoms with van der Waals surface area (Å²) in [7, 11) is 2.13. The Bertz CT molecular complexity index is 956. The van der Waals surface area contributed by atoms with Gasteiger partial charge in [-0.2, -0.15) is 5.10 Å². The molecule has 2 fully saturated rings. The summed E-state index contributed by atoms with van der Waals surface area (Å²) >= 11 is 4.82. The molecule has 0 bridgehead atoms. The molecule has 0 amide bonds. The van der Waals surface area contributed by atoms with Crippen molar-refractivity contribution in [3.63, 3.8) is 0 Å². The first-order valence-electron chi connectivity index (χ1n) is 11.4. The molecule has 2 aromatic carbocycles. The third kappa shape index (κ3) is 5.64. The molecule has 1 aliphatic heterocycles. The SMILES string of the molecule is CN1CCN(c2cc(C3CCC(Cc4ccccc4)C3)c(F)cc2C=NNC(N)=S)CC1. The summed E-state index contributed by atoms with van der Waals surface area (Å²) in [5.41, 5.74) is 12.0. The van der Waals surface area contributed by atoms with Crippen LogP contribution in [0.1, 0.15) is 41.9 Å². The van der Waals surface area contributed by atoms with Crippen LogP contribution in [-0.4, -0.2) is 49.5 Å². The quantitative estimate of drug-likeness (QED) is 0.395. The van der Waals surface area contributed by atoms with Gasteiger partial charge in [-0.1, -0.05) is 30.3 Å². The molecule has 2 aliphatic rings. The third-order valence-electron chi connectivity index (χ3n) is 6.72. The number of nitrogens with two attached hydrogens (primary N) is 1. The highest BCUT2D eigenvalue weighted by atomic mass is 32.1. The Balaban J connectivity index is 1.56. The molecular formula is C25H32FN5S. The van der Waals surface area contributed by atoms with Crippen LogP contribution >= 0.6 is 12.2 Å². The van der Waals surface area contributed by atoms with Crippen LogP contribution < -0.4 is 16.1 Å². The maximum Gasteiger partial charge on any atom is 0.184 e. The van der Waals surface area contributed by atoms with E-state index in [2.05, 4.69) is 63.8 Å². The summed E-state index contributed by atoms with van der Waals surface area (Å²) in [5.74, 6) is 0.713. The molecule has 0 aromatic heterocycles. The zero-order chi connectivity index (χ0) is 22.5. The van der Waals surface area contributed by atoms with E-state index >= 15 is 4.39 Å². The minimum Gasteiger partial charge on any atom is -0.375 e. The molecule has 0 radical (unpaired) electrons.